The minimum Gasteiger partial charge on any atom is -0.378 e. The van der Waals surface area contributed by atoms with Crippen LogP contribution in [0, 0.1) is 17.8 Å². The number of rotatable bonds is 3. The Morgan fingerprint density at radius 1 is 0.976 bits per heavy atom. The summed E-state index contributed by atoms with van der Waals surface area (Å²) in [6.45, 7) is 1.87. The molecule has 4 heterocycles. The van der Waals surface area contributed by atoms with Crippen LogP contribution < -0.4 is 0 Å². The standard InChI is InChI=1S/C33H39FN4O4/c34-25-16-23-29-32(30(25)38-19-35-17-27(38)20-6-2-1-3-7-20)42-28-15-22-9-5-4-8-21(22)14-26(28)37(29)18-24(31(23)39)33(40)36-10-12-41-13-11-36/h1-3,6-7,17-19,21-23,25-26,28-30,32H,4-5,8-16H2. The number of morpholine rings is 2. The van der Waals surface area contributed by atoms with Gasteiger partial charge in [0.1, 0.15) is 12.3 Å². The number of aromatic nitrogens is 2. The van der Waals surface area contributed by atoms with E-state index in [-0.39, 0.29) is 41.9 Å². The van der Waals surface area contributed by atoms with E-state index >= 15 is 4.39 Å². The van der Waals surface area contributed by atoms with Crippen LogP contribution >= 0.6 is 0 Å². The molecular formula is C33H39FN4O4. The molecule has 9 unspecified atom stereocenters. The van der Waals surface area contributed by atoms with Gasteiger partial charge in [-0.3, -0.25) is 9.59 Å². The summed E-state index contributed by atoms with van der Waals surface area (Å²) in [5.41, 5.74) is 2.02. The molecule has 1 aromatic heterocycles. The van der Waals surface area contributed by atoms with Crippen LogP contribution in [0.2, 0.25) is 0 Å². The number of ether oxygens (including phenoxy) is 2. The van der Waals surface area contributed by atoms with Gasteiger partial charge in [0, 0.05) is 25.2 Å². The molecule has 3 aliphatic carbocycles. The molecule has 5 fully saturated rings. The highest BCUT2D eigenvalue weighted by molar-refractivity contribution is 6.20. The summed E-state index contributed by atoms with van der Waals surface area (Å²) in [5.74, 6) is 0.149. The van der Waals surface area contributed by atoms with E-state index in [9.17, 15) is 9.59 Å². The summed E-state index contributed by atoms with van der Waals surface area (Å²) in [5, 5.41) is 0. The lowest BCUT2D eigenvalue weighted by Gasteiger charge is -2.61. The molecule has 0 radical (unpaired) electrons. The summed E-state index contributed by atoms with van der Waals surface area (Å²) < 4.78 is 31.0. The van der Waals surface area contributed by atoms with Crippen molar-refractivity contribution in [2.24, 2.45) is 17.8 Å². The third-order valence-electron chi connectivity index (χ3n) is 11.0. The fourth-order valence-electron chi connectivity index (χ4n) is 9.06. The maximum Gasteiger partial charge on any atom is 0.259 e. The molecule has 0 bridgehead atoms. The van der Waals surface area contributed by atoms with Gasteiger partial charge in [0.15, 0.2) is 5.78 Å². The lowest BCUT2D eigenvalue weighted by atomic mass is 9.64. The molecule has 0 N–H and O–H groups in total. The third kappa shape index (κ3) is 4.26. The number of imidazole rings is 1. The number of hydrogen-bond acceptors (Lipinski definition) is 6. The Morgan fingerprint density at radius 2 is 1.74 bits per heavy atom. The Morgan fingerprint density at radius 3 is 2.52 bits per heavy atom. The first-order valence-electron chi connectivity index (χ1n) is 15.9. The quantitative estimate of drug-likeness (QED) is 0.512. The average Bonchev–Trinajstić information content (AvgIpc) is 3.51. The van der Waals surface area contributed by atoms with Gasteiger partial charge in [-0.15, -0.1) is 0 Å². The van der Waals surface area contributed by atoms with E-state index in [1.165, 1.54) is 25.7 Å². The molecule has 8 nitrogen and oxygen atoms in total. The summed E-state index contributed by atoms with van der Waals surface area (Å²) >= 11 is 0. The maximum atomic E-state index is 16.6. The minimum atomic E-state index is -1.32. The highest BCUT2D eigenvalue weighted by Gasteiger charge is 2.60. The first kappa shape index (κ1) is 26.6. The zero-order valence-electron chi connectivity index (χ0n) is 23.9. The second-order valence-corrected chi connectivity index (χ2v) is 13.1. The Bertz CT molecular complexity index is 1370. The summed E-state index contributed by atoms with van der Waals surface area (Å²) in [7, 11) is 0. The number of amides is 1. The molecule has 2 aromatic rings. The normalized spacial score (nSPS) is 37.8. The van der Waals surface area contributed by atoms with Crippen molar-refractivity contribution in [1.82, 2.24) is 19.4 Å². The fourth-order valence-corrected chi connectivity index (χ4v) is 9.06. The molecule has 6 aliphatic rings. The van der Waals surface area contributed by atoms with Gasteiger partial charge in [-0.05, 0) is 36.7 Å². The Labute approximate surface area is 245 Å². The van der Waals surface area contributed by atoms with Crippen molar-refractivity contribution in [1.29, 1.82) is 0 Å². The van der Waals surface area contributed by atoms with Gasteiger partial charge in [-0.25, -0.2) is 9.37 Å². The molecule has 1 aromatic carbocycles. The lowest BCUT2D eigenvalue weighted by molar-refractivity contribution is -0.214. The number of alkyl halides is 1. The molecule has 9 atom stereocenters. The monoisotopic (exact) mass is 574 g/mol. The van der Waals surface area contributed by atoms with Crippen LogP contribution in [0.15, 0.2) is 54.6 Å². The smallest absolute Gasteiger partial charge is 0.259 e. The van der Waals surface area contributed by atoms with Crippen molar-refractivity contribution in [2.75, 3.05) is 26.3 Å². The molecule has 1 amide bonds. The number of benzene rings is 1. The van der Waals surface area contributed by atoms with Crippen LogP contribution in [-0.4, -0.2) is 87.8 Å². The van der Waals surface area contributed by atoms with Gasteiger partial charge in [0.2, 0.25) is 0 Å². The number of fused-ring (bicyclic) bond motifs is 3. The van der Waals surface area contributed by atoms with E-state index in [0.717, 1.165) is 24.1 Å². The predicted molar refractivity (Wildman–Crippen MR) is 153 cm³/mol. The van der Waals surface area contributed by atoms with E-state index < -0.39 is 24.2 Å². The van der Waals surface area contributed by atoms with Crippen molar-refractivity contribution in [3.8, 4) is 11.3 Å². The van der Waals surface area contributed by atoms with E-state index in [2.05, 4.69) is 9.88 Å². The number of Topliss-reactive ketones (excluding diaryl/α,β-unsaturated/α-hetero) is 1. The van der Waals surface area contributed by atoms with Crippen molar-refractivity contribution in [3.05, 3.63) is 54.6 Å². The number of ketones is 1. The van der Waals surface area contributed by atoms with Gasteiger partial charge in [-0.2, -0.15) is 0 Å². The second kappa shape index (κ2) is 10.6. The van der Waals surface area contributed by atoms with E-state index in [1.807, 2.05) is 41.1 Å². The lowest BCUT2D eigenvalue weighted by Crippen LogP contribution is -2.70. The Balaban J connectivity index is 1.21. The molecule has 8 rings (SSSR count). The van der Waals surface area contributed by atoms with Gasteiger partial charge in [-0.1, -0.05) is 56.0 Å². The maximum absolute atomic E-state index is 16.6. The number of hydrogen-bond donors (Lipinski definition) is 0. The third-order valence-corrected chi connectivity index (χ3v) is 11.0. The van der Waals surface area contributed by atoms with Crippen LogP contribution in [-0.2, 0) is 19.1 Å². The van der Waals surface area contributed by atoms with Crippen LogP contribution in [0.1, 0.15) is 51.0 Å². The number of halogens is 1. The molecule has 42 heavy (non-hydrogen) atoms. The molecule has 3 aliphatic heterocycles. The highest BCUT2D eigenvalue weighted by atomic mass is 19.1. The first-order chi connectivity index (χ1) is 20.6. The molecule has 222 valence electrons. The van der Waals surface area contributed by atoms with Crippen molar-refractivity contribution >= 4 is 11.7 Å². The van der Waals surface area contributed by atoms with Gasteiger partial charge < -0.3 is 23.8 Å². The minimum absolute atomic E-state index is 0.0630. The van der Waals surface area contributed by atoms with Crippen molar-refractivity contribution in [2.45, 2.75) is 81.5 Å². The summed E-state index contributed by atoms with van der Waals surface area (Å²) in [6.07, 6.45) is 10.4. The summed E-state index contributed by atoms with van der Waals surface area (Å²) in [6, 6.07) is 9.08. The second-order valence-electron chi connectivity index (χ2n) is 13.1. The molecule has 3 saturated carbocycles. The highest BCUT2D eigenvalue weighted by Crippen LogP contribution is 2.52. The van der Waals surface area contributed by atoms with E-state index in [4.69, 9.17) is 9.47 Å². The average molecular weight is 575 g/mol. The van der Waals surface area contributed by atoms with Gasteiger partial charge in [0.05, 0.1) is 61.2 Å². The molecule has 9 heteroatoms. The number of carbonyl (C=O) groups is 2. The van der Waals surface area contributed by atoms with E-state index in [1.54, 1.807) is 17.4 Å². The number of nitrogens with zero attached hydrogens (tertiary/aromatic N) is 4. The zero-order chi connectivity index (χ0) is 28.4. The zero-order valence-corrected chi connectivity index (χ0v) is 23.9. The topological polar surface area (TPSA) is 76.9 Å². The first-order valence-corrected chi connectivity index (χ1v) is 15.9. The Kier molecular flexibility index (Phi) is 6.70. The van der Waals surface area contributed by atoms with Crippen LogP contribution in [0.4, 0.5) is 4.39 Å². The van der Waals surface area contributed by atoms with Gasteiger partial charge in [0.25, 0.3) is 5.91 Å². The van der Waals surface area contributed by atoms with Crippen LogP contribution in [0.3, 0.4) is 0 Å². The summed E-state index contributed by atoms with van der Waals surface area (Å²) in [4.78, 5) is 36.3. The van der Waals surface area contributed by atoms with E-state index in [0.29, 0.717) is 38.1 Å². The van der Waals surface area contributed by atoms with Gasteiger partial charge >= 0.3 is 0 Å². The number of carbonyl (C=O) groups excluding carboxylic acids is 2. The SMILES string of the molecule is O=C1C(C(=O)N2CCOCC2)=CN2C3CC4CCCCC4CC3OC3C2C1CC(F)C3n1cncc1-c1ccccc1. The molecule has 0 spiro atoms. The van der Waals surface area contributed by atoms with Crippen molar-refractivity contribution < 1.29 is 23.5 Å². The fraction of sp³-hybridized carbons (Fsp3) is 0.606. The predicted octanol–water partition coefficient (Wildman–Crippen LogP) is 4.18. The molecule has 2 saturated heterocycles. The van der Waals surface area contributed by atoms with Crippen LogP contribution in [0.5, 0.6) is 0 Å². The Hall–Kier alpha value is -3.04. The van der Waals surface area contributed by atoms with Crippen molar-refractivity contribution in [3.63, 3.8) is 0 Å². The largest absolute Gasteiger partial charge is 0.378 e. The molecular weight excluding hydrogens is 535 g/mol. The van der Waals surface area contributed by atoms with Crippen LogP contribution in [0.25, 0.3) is 11.3 Å².